The number of nitrogens with one attached hydrogen (secondary N) is 1. The van der Waals surface area contributed by atoms with Crippen LogP contribution in [0.2, 0.25) is 0 Å². The van der Waals surface area contributed by atoms with Gasteiger partial charge in [0.05, 0.1) is 0 Å². The quantitative estimate of drug-likeness (QED) is 0.393. The predicted molar refractivity (Wildman–Crippen MR) is 24.0 cm³/mol. The fraction of sp³-hybridized carbons (Fsp3) is 0.333. The summed E-state index contributed by atoms with van der Waals surface area (Å²) in [5, 5.41) is 10.7. The van der Waals surface area contributed by atoms with E-state index in [2.05, 4.69) is 10.1 Å². The molecule has 7 heavy (non-hydrogen) atoms. The van der Waals surface area contributed by atoms with Crippen molar-refractivity contribution in [3.05, 3.63) is 16.9 Å². The molecule has 0 aliphatic heterocycles. The van der Waals surface area contributed by atoms with Gasteiger partial charge in [-0.05, 0) is 0 Å². The minimum atomic E-state index is 0.329. The highest BCUT2D eigenvalue weighted by Gasteiger charge is 1.94. The van der Waals surface area contributed by atoms with Crippen molar-refractivity contribution in [1.82, 2.24) is 0 Å². The van der Waals surface area contributed by atoms with E-state index in [-0.39, 0.29) is 0 Å². The van der Waals surface area contributed by atoms with E-state index in [4.69, 9.17) is 10.9 Å². The Kier molecular flexibility index (Phi) is 2.44. The highest BCUT2D eigenvalue weighted by molar-refractivity contribution is 5.02. The van der Waals surface area contributed by atoms with E-state index in [1.165, 1.54) is 6.92 Å². The van der Waals surface area contributed by atoms with Gasteiger partial charge in [0.2, 0.25) is 5.39 Å². The summed E-state index contributed by atoms with van der Waals surface area (Å²) in [7, 11) is 0. The van der Waals surface area contributed by atoms with E-state index in [1.807, 2.05) is 0 Å². The molecule has 1 N–H and O–H groups in total. The SMILES string of the molecule is CC(=CN=N)[N+]#N. The Morgan fingerprint density at radius 3 is 2.71 bits per heavy atom. The Morgan fingerprint density at radius 1 is 2.00 bits per heavy atom. The molecule has 0 amide bonds. The molecule has 0 rings (SSSR count). The molecule has 0 spiro atoms. The van der Waals surface area contributed by atoms with Crippen LogP contribution in [0.25, 0.3) is 4.98 Å². The van der Waals surface area contributed by atoms with Gasteiger partial charge < -0.3 is 0 Å². The Balaban J connectivity index is 3.80. The second kappa shape index (κ2) is 2.97. The maximum Gasteiger partial charge on any atom is 0.378 e. The Hall–Kier alpha value is -1.24. The second-order valence-electron chi connectivity index (χ2n) is 1.000. The lowest BCUT2D eigenvalue weighted by molar-refractivity contribution is 1.12. The lowest BCUT2D eigenvalue weighted by Crippen LogP contribution is -1.55. The van der Waals surface area contributed by atoms with Crippen LogP contribution >= 0.6 is 0 Å². The largest absolute Gasteiger partial charge is 0.378 e. The molecule has 0 bridgehead atoms. The lowest BCUT2D eigenvalue weighted by Gasteiger charge is -1.56. The molecule has 0 fully saturated rings. The fourth-order valence-corrected chi connectivity index (χ4v) is 0.119. The topological polar surface area (TPSA) is 64.4 Å². The van der Waals surface area contributed by atoms with Crippen LogP contribution in [-0.2, 0) is 0 Å². The summed E-state index contributed by atoms with van der Waals surface area (Å²) in [6, 6.07) is 0. The number of hydrogen-bond acceptors (Lipinski definition) is 3. The minimum Gasteiger partial charge on any atom is -0.205 e. The molecule has 0 radical (unpaired) electrons. The molecule has 4 nitrogen and oxygen atoms in total. The van der Waals surface area contributed by atoms with Gasteiger partial charge in [0.15, 0.2) is 4.98 Å². The molecule has 0 atom stereocenters. The monoisotopic (exact) mass is 97.1 g/mol. The molecular weight excluding hydrogens is 92.1 g/mol. The van der Waals surface area contributed by atoms with Crippen molar-refractivity contribution in [3.63, 3.8) is 0 Å². The molecule has 4 heteroatoms. The zero-order valence-electron chi connectivity index (χ0n) is 3.92. The van der Waals surface area contributed by atoms with Crippen LogP contribution in [0.15, 0.2) is 17.0 Å². The summed E-state index contributed by atoms with van der Waals surface area (Å²) < 4.78 is 0. The molecule has 0 heterocycles. The third kappa shape index (κ3) is 2.56. The summed E-state index contributed by atoms with van der Waals surface area (Å²) in [5.74, 6) is 0. The van der Waals surface area contributed by atoms with Crippen LogP contribution in [0.3, 0.4) is 0 Å². The summed E-state index contributed by atoms with van der Waals surface area (Å²) in [6.07, 6.45) is 1.14. The number of allylic oxidation sites excluding steroid dienone is 1. The molecule has 0 aromatic rings. The van der Waals surface area contributed by atoms with Crippen LogP contribution < -0.4 is 0 Å². The van der Waals surface area contributed by atoms with E-state index in [0.29, 0.717) is 5.70 Å². The maximum atomic E-state index is 7.88. The Labute approximate surface area is 41.0 Å². The van der Waals surface area contributed by atoms with E-state index in [1.54, 1.807) is 0 Å². The smallest absolute Gasteiger partial charge is 0.205 e. The van der Waals surface area contributed by atoms with Gasteiger partial charge in [-0.2, -0.15) is 5.11 Å². The van der Waals surface area contributed by atoms with Crippen molar-refractivity contribution in [2.45, 2.75) is 6.92 Å². The van der Waals surface area contributed by atoms with Crippen LogP contribution in [0.4, 0.5) is 0 Å². The third-order valence-electron chi connectivity index (χ3n) is 0.409. The number of hydrogen-bond donors (Lipinski definition) is 1. The van der Waals surface area contributed by atoms with Gasteiger partial charge in [0, 0.05) is 6.92 Å². The molecule has 0 aromatic heterocycles. The number of rotatable bonds is 1. The van der Waals surface area contributed by atoms with Gasteiger partial charge in [0.1, 0.15) is 6.20 Å². The Morgan fingerprint density at radius 2 is 2.57 bits per heavy atom. The van der Waals surface area contributed by atoms with Crippen LogP contribution in [-0.4, -0.2) is 0 Å². The van der Waals surface area contributed by atoms with E-state index < -0.39 is 0 Å². The normalized spacial score (nSPS) is 10.0. The van der Waals surface area contributed by atoms with E-state index in [9.17, 15) is 0 Å². The van der Waals surface area contributed by atoms with Crippen molar-refractivity contribution >= 4 is 0 Å². The van der Waals surface area contributed by atoms with Gasteiger partial charge >= 0.3 is 5.70 Å². The molecule has 0 aliphatic rings. The molecule has 0 aromatic carbocycles. The Bertz CT molecular complexity index is 128. The van der Waals surface area contributed by atoms with Gasteiger partial charge in [-0.1, -0.05) is 0 Å². The van der Waals surface area contributed by atoms with Crippen molar-refractivity contribution < 1.29 is 0 Å². The van der Waals surface area contributed by atoms with Crippen molar-refractivity contribution in [3.8, 4) is 0 Å². The zero-order valence-corrected chi connectivity index (χ0v) is 3.92. The molecular formula is C3H5N4+. The first-order valence-corrected chi connectivity index (χ1v) is 1.69. The van der Waals surface area contributed by atoms with Gasteiger partial charge in [-0.25, -0.2) is 5.53 Å². The molecule has 0 unspecified atom stereocenters. The lowest BCUT2D eigenvalue weighted by atomic mass is 10.6. The molecule has 0 saturated heterocycles. The molecule has 36 valence electrons. The highest BCUT2D eigenvalue weighted by Crippen LogP contribution is 1.90. The third-order valence-corrected chi connectivity index (χ3v) is 0.409. The molecule has 0 aliphatic carbocycles. The first-order chi connectivity index (χ1) is 3.31. The first-order valence-electron chi connectivity index (χ1n) is 1.69. The van der Waals surface area contributed by atoms with Gasteiger partial charge in [0.25, 0.3) is 0 Å². The van der Waals surface area contributed by atoms with E-state index >= 15 is 0 Å². The first kappa shape index (κ1) is 5.76. The maximum absolute atomic E-state index is 7.88. The van der Waals surface area contributed by atoms with E-state index in [0.717, 1.165) is 6.20 Å². The van der Waals surface area contributed by atoms with Crippen LogP contribution in [0.5, 0.6) is 0 Å². The highest BCUT2D eigenvalue weighted by atomic mass is 15.0. The zero-order chi connectivity index (χ0) is 5.70. The average Bonchev–Trinajstić information content (AvgIpc) is 1.68. The summed E-state index contributed by atoms with van der Waals surface area (Å²) in [6.45, 7) is 1.54. The van der Waals surface area contributed by atoms with Gasteiger partial charge in [-0.15, -0.1) is 0 Å². The second-order valence-corrected chi connectivity index (χ2v) is 1.000. The van der Waals surface area contributed by atoms with Crippen molar-refractivity contribution in [2.75, 3.05) is 0 Å². The fourth-order valence-electron chi connectivity index (χ4n) is 0.119. The van der Waals surface area contributed by atoms with Crippen molar-refractivity contribution in [1.29, 1.82) is 10.9 Å². The number of diazo groups is 1. The summed E-state index contributed by atoms with van der Waals surface area (Å²) in [4.78, 5) is 2.73. The minimum absolute atomic E-state index is 0.329. The average molecular weight is 97.1 g/mol. The summed E-state index contributed by atoms with van der Waals surface area (Å²) >= 11 is 0. The van der Waals surface area contributed by atoms with Crippen molar-refractivity contribution in [2.24, 2.45) is 5.11 Å². The van der Waals surface area contributed by atoms with Gasteiger partial charge in [-0.3, -0.25) is 0 Å². The number of nitrogens with zero attached hydrogens (tertiary/aromatic N) is 3. The van der Waals surface area contributed by atoms with Crippen LogP contribution in [0, 0.1) is 10.9 Å². The predicted octanol–water partition coefficient (Wildman–Crippen LogP) is 1.73. The molecule has 0 saturated carbocycles. The summed E-state index contributed by atoms with van der Waals surface area (Å²) in [5.41, 5.74) is 6.54. The van der Waals surface area contributed by atoms with Crippen LogP contribution in [0.1, 0.15) is 6.92 Å². The standard InChI is InChI=1S/C3H5N4/c1-3(7-5)2-6-4/h2,4H,1H3/q+1.